The maximum Gasteiger partial charge on any atom is 0.344 e. The van der Waals surface area contributed by atoms with Crippen LogP contribution in [0.25, 0.3) is 0 Å². The summed E-state index contributed by atoms with van der Waals surface area (Å²) in [5.74, 6) is 1.13. The number of rotatable bonds is 4. The van der Waals surface area contributed by atoms with Crippen LogP contribution in [0.2, 0.25) is 0 Å². The van der Waals surface area contributed by atoms with Gasteiger partial charge in [-0.3, -0.25) is 0 Å². The highest BCUT2D eigenvalue weighted by atomic mass is 16.5. The first kappa shape index (κ1) is 13.9. The fraction of sp³-hybridized carbons (Fsp3) is 0.308. The number of ether oxygens (including phenoxy) is 2. The van der Waals surface area contributed by atoms with E-state index in [1.54, 1.807) is 29.8 Å². The molecule has 7 heteroatoms. The van der Waals surface area contributed by atoms with Crippen molar-refractivity contribution < 1.29 is 14.3 Å². The summed E-state index contributed by atoms with van der Waals surface area (Å²) in [4.78, 5) is 12.1. The van der Waals surface area contributed by atoms with Crippen molar-refractivity contribution in [3.63, 3.8) is 0 Å². The van der Waals surface area contributed by atoms with Gasteiger partial charge in [-0.15, -0.1) is 10.2 Å². The van der Waals surface area contributed by atoms with E-state index < -0.39 is 5.97 Å². The molecule has 0 spiro atoms. The van der Waals surface area contributed by atoms with Gasteiger partial charge in [0.25, 0.3) is 0 Å². The second-order valence-electron chi connectivity index (χ2n) is 4.22. The van der Waals surface area contributed by atoms with E-state index in [-0.39, 0.29) is 12.2 Å². The molecule has 0 fully saturated rings. The van der Waals surface area contributed by atoms with Crippen LogP contribution >= 0.6 is 0 Å². The van der Waals surface area contributed by atoms with Crippen LogP contribution in [0.15, 0.2) is 18.2 Å². The Hall–Kier alpha value is -2.57. The molecule has 1 aromatic heterocycles. The Morgan fingerprint density at radius 3 is 2.75 bits per heavy atom. The van der Waals surface area contributed by atoms with E-state index in [1.165, 1.54) is 7.11 Å². The molecular weight excluding hydrogens is 260 g/mol. The standard InChI is InChI=1S/C13H16N4O3/c1-8-15-16-11(17(8)2)7-20-13(18)12-9(14)5-4-6-10(12)19-3/h4-6H,7,14H2,1-3H3. The first-order valence-electron chi connectivity index (χ1n) is 5.99. The van der Waals surface area contributed by atoms with Crippen molar-refractivity contribution in [2.24, 2.45) is 7.05 Å². The molecule has 1 heterocycles. The Balaban J connectivity index is 2.15. The lowest BCUT2D eigenvalue weighted by Gasteiger charge is -2.10. The molecule has 2 N–H and O–H groups in total. The van der Waals surface area contributed by atoms with Crippen molar-refractivity contribution in [2.75, 3.05) is 12.8 Å². The number of anilines is 1. The number of carbonyl (C=O) groups excluding carboxylic acids is 1. The molecule has 106 valence electrons. The van der Waals surface area contributed by atoms with E-state index in [0.29, 0.717) is 17.3 Å². The van der Waals surface area contributed by atoms with Crippen molar-refractivity contribution in [1.82, 2.24) is 14.8 Å². The topological polar surface area (TPSA) is 92.3 Å². The molecule has 0 atom stereocenters. The number of nitrogens with zero attached hydrogens (tertiary/aromatic N) is 3. The number of esters is 1. The average molecular weight is 276 g/mol. The fourth-order valence-electron chi connectivity index (χ4n) is 1.72. The summed E-state index contributed by atoms with van der Waals surface area (Å²) < 4.78 is 12.1. The molecule has 7 nitrogen and oxygen atoms in total. The van der Waals surface area contributed by atoms with Crippen molar-refractivity contribution >= 4 is 11.7 Å². The third-order valence-corrected chi connectivity index (χ3v) is 3.00. The van der Waals surface area contributed by atoms with Gasteiger partial charge in [-0.05, 0) is 19.1 Å². The molecule has 0 saturated carbocycles. The Morgan fingerprint density at radius 2 is 2.15 bits per heavy atom. The van der Waals surface area contributed by atoms with Crippen LogP contribution < -0.4 is 10.5 Å². The van der Waals surface area contributed by atoms with Gasteiger partial charge in [0.15, 0.2) is 12.4 Å². The van der Waals surface area contributed by atoms with Gasteiger partial charge in [-0.1, -0.05) is 6.07 Å². The molecule has 0 aliphatic carbocycles. The summed E-state index contributed by atoms with van der Waals surface area (Å²) in [7, 11) is 3.27. The first-order chi connectivity index (χ1) is 9.54. The molecule has 2 rings (SSSR count). The number of hydrogen-bond donors (Lipinski definition) is 1. The van der Waals surface area contributed by atoms with E-state index >= 15 is 0 Å². The molecule has 0 saturated heterocycles. The van der Waals surface area contributed by atoms with E-state index in [2.05, 4.69) is 10.2 Å². The molecule has 0 bridgehead atoms. The molecule has 0 aliphatic rings. The largest absolute Gasteiger partial charge is 0.496 e. The number of carbonyl (C=O) groups is 1. The van der Waals surface area contributed by atoms with Crippen molar-refractivity contribution in [1.29, 1.82) is 0 Å². The molecule has 0 aliphatic heterocycles. The minimum Gasteiger partial charge on any atom is -0.496 e. The molecule has 0 amide bonds. The number of nitrogen functional groups attached to an aromatic ring is 1. The minimum absolute atomic E-state index is 0.0215. The molecule has 0 unspecified atom stereocenters. The Labute approximate surface area is 116 Å². The maximum absolute atomic E-state index is 12.1. The van der Waals surface area contributed by atoms with Crippen LogP contribution in [0, 0.1) is 6.92 Å². The predicted octanol–water partition coefficient (Wildman–Crippen LogP) is 1.07. The summed E-state index contributed by atoms with van der Waals surface area (Å²) in [5, 5.41) is 7.81. The number of methoxy groups -OCH3 is 1. The average Bonchev–Trinajstić information content (AvgIpc) is 2.76. The zero-order valence-corrected chi connectivity index (χ0v) is 11.6. The van der Waals surface area contributed by atoms with Gasteiger partial charge in [0.1, 0.15) is 17.1 Å². The third-order valence-electron chi connectivity index (χ3n) is 3.00. The molecular formula is C13H16N4O3. The number of nitrogens with two attached hydrogens (primary N) is 1. The normalized spacial score (nSPS) is 10.3. The maximum atomic E-state index is 12.1. The third kappa shape index (κ3) is 2.56. The van der Waals surface area contributed by atoms with E-state index in [9.17, 15) is 4.79 Å². The van der Waals surface area contributed by atoms with E-state index in [1.807, 2.05) is 6.92 Å². The lowest BCUT2D eigenvalue weighted by Crippen LogP contribution is -2.12. The number of hydrogen-bond acceptors (Lipinski definition) is 6. The van der Waals surface area contributed by atoms with Crippen LogP contribution in [-0.2, 0) is 18.4 Å². The minimum atomic E-state index is -0.555. The zero-order chi connectivity index (χ0) is 14.7. The summed E-state index contributed by atoms with van der Waals surface area (Å²) in [6.07, 6.45) is 0. The van der Waals surface area contributed by atoms with Crippen molar-refractivity contribution in [3.05, 3.63) is 35.4 Å². The first-order valence-corrected chi connectivity index (χ1v) is 5.99. The van der Waals surface area contributed by atoms with Gasteiger partial charge in [-0.25, -0.2) is 4.79 Å². The highest BCUT2D eigenvalue weighted by Crippen LogP contribution is 2.25. The SMILES string of the molecule is COc1cccc(N)c1C(=O)OCc1nnc(C)n1C. The van der Waals surface area contributed by atoms with Gasteiger partial charge < -0.3 is 19.8 Å². The van der Waals surface area contributed by atoms with Crippen molar-refractivity contribution in [2.45, 2.75) is 13.5 Å². The molecule has 1 aromatic carbocycles. The van der Waals surface area contributed by atoms with Crippen LogP contribution in [0.5, 0.6) is 5.75 Å². The van der Waals surface area contributed by atoms with Crippen molar-refractivity contribution in [3.8, 4) is 5.75 Å². The Morgan fingerprint density at radius 1 is 1.40 bits per heavy atom. The zero-order valence-electron chi connectivity index (χ0n) is 11.6. The second kappa shape index (κ2) is 5.60. The fourth-order valence-corrected chi connectivity index (χ4v) is 1.72. The van der Waals surface area contributed by atoms with E-state index in [0.717, 1.165) is 5.82 Å². The van der Waals surface area contributed by atoms with Gasteiger partial charge in [0, 0.05) is 12.7 Å². The lowest BCUT2D eigenvalue weighted by atomic mass is 10.1. The number of aryl methyl sites for hydroxylation is 1. The van der Waals surface area contributed by atoms with Gasteiger partial charge in [-0.2, -0.15) is 0 Å². The van der Waals surface area contributed by atoms with Gasteiger partial charge in [0.2, 0.25) is 0 Å². The summed E-state index contributed by atoms with van der Waals surface area (Å²) in [6, 6.07) is 4.97. The lowest BCUT2D eigenvalue weighted by molar-refractivity contribution is 0.0456. The smallest absolute Gasteiger partial charge is 0.344 e. The Kier molecular flexibility index (Phi) is 3.88. The Bertz CT molecular complexity index is 637. The highest BCUT2D eigenvalue weighted by molar-refractivity contribution is 5.98. The summed E-state index contributed by atoms with van der Waals surface area (Å²) in [6.45, 7) is 1.84. The van der Waals surface area contributed by atoms with Gasteiger partial charge >= 0.3 is 5.97 Å². The summed E-state index contributed by atoms with van der Waals surface area (Å²) in [5.41, 5.74) is 6.31. The molecule has 20 heavy (non-hydrogen) atoms. The number of benzene rings is 1. The van der Waals surface area contributed by atoms with Crippen LogP contribution in [0.4, 0.5) is 5.69 Å². The van der Waals surface area contributed by atoms with Crippen LogP contribution in [-0.4, -0.2) is 27.8 Å². The highest BCUT2D eigenvalue weighted by Gasteiger charge is 2.18. The predicted molar refractivity (Wildman–Crippen MR) is 72.3 cm³/mol. The van der Waals surface area contributed by atoms with Crippen LogP contribution in [0.1, 0.15) is 22.0 Å². The van der Waals surface area contributed by atoms with Gasteiger partial charge in [0.05, 0.1) is 7.11 Å². The number of aromatic nitrogens is 3. The molecule has 0 radical (unpaired) electrons. The monoisotopic (exact) mass is 276 g/mol. The van der Waals surface area contributed by atoms with Crippen LogP contribution in [0.3, 0.4) is 0 Å². The molecule has 2 aromatic rings. The quantitative estimate of drug-likeness (QED) is 0.663. The second-order valence-corrected chi connectivity index (χ2v) is 4.22. The summed E-state index contributed by atoms with van der Waals surface area (Å²) >= 11 is 0. The van der Waals surface area contributed by atoms with E-state index in [4.69, 9.17) is 15.2 Å².